The Morgan fingerprint density at radius 1 is 1.04 bits per heavy atom. The Kier molecular flexibility index (Phi) is 4.94. The largest absolute Gasteiger partial charge is 0.322 e. The fourth-order valence-corrected chi connectivity index (χ4v) is 5.08. The van der Waals surface area contributed by atoms with E-state index in [1.807, 2.05) is 54.0 Å². The first-order valence-electron chi connectivity index (χ1n) is 9.27. The molecule has 3 heterocycles. The second-order valence-electron chi connectivity index (χ2n) is 7.13. The Labute approximate surface area is 165 Å². The Morgan fingerprint density at radius 3 is 2.43 bits per heavy atom. The zero-order valence-corrected chi connectivity index (χ0v) is 16.6. The Bertz CT molecular complexity index is 1140. The number of fused-ring (bicyclic) bond motifs is 1. The standard InChI is InChI=1S/C21H22N4O2S/c1-17-5-7-19(8-6-17)28(26,27)25-12-10-23(11-13-25)15-18-16-24-9-3-2-4-21(24)20(18)14-22/h2-9,16H,10-13,15H2,1H3. The highest BCUT2D eigenvalue weighted by Crippen LogP contribution is 2.22. The van der Waals surface area contributed by atoms with Gasteiger partial charge in [0.15, 0.2) is 0 Å². The van der Waals surface area contributed by atoms with Gasteiger partial charge in [-0.15, -0.1) is 0 Å². The van der Waals surface area contributed by atoms with Gasteiger partial charge >= 0.3 is 0 Å². The van der Waals surface area contributed by atoms with Crippen LogP contribution in [0.1, 0.15) is 16.7 Å². The molecule has 0 amide bonds. The van der Waals surface area contributed by atoms with Gasteiger partial charge in [-0.25, -0.2) is 8.42 Å². The summed E-state index contributed by atoms with van der Waals surface area (Å²) >= 11 is 0. The fraction of sp³-hybridized carbons (Fsp3) is 0.286. The van der Waals surface area contributed by atoms with Crippen molar-refractivity contribution in [2.45, 2.75) is 18.4 Å². The van der Waals surface area contributed by atoms with Gasteiger partial charge in [-0.1, -0.05) is 23.8 Å². The van der Waals surface area contributed by atoms with Crippen molar-refractivity contribution in [3.05, 3.63) is 71.5 Å². The summed E-state index contributed by atoms with van der Waals surface area (Å²) in [5.41, 5.74) is 3.61. The van der Waals surface area contributed by atoms with Crippen LogP contribution in [0.25, 0.3) is 5.52 Å². The number of nitriles is 1. The molecule has 1 saturated heterocycles. The first kappa shape index (κ1) is 18.7. The van der Waals surface area contributed by atoms with Crippen LogP contribution in [0.4, 0.5) is 0 Å². The lowest BCUT2D eigenvalue weighted by Crippen LogP contribution is -2.48. The summed E-state index contributed by atoms with van der Waals surface area (Å²) in [7, 11) is -3.46. The number of piperazine rings is 1. The van der Waals surface area contributed by atoms with Gasteiger partial charge in [-0.3, -0.25) is 4.90 Å². The first-order chi connectivity index (χ1) is 13.5. The molecule has 0 radical (unpaired) electrons. The van der Waals surface area contributed by atoms with Crippen molar-refractivity contribution in [3.63, 3.8) is 0 Å². The maximum atomic E-state index is 12.8. The van der Waals surface area contributed by atoms with Crippen LogP contribution in [0, 0.1) is 18.3 Å². The van der Waals surface area contributed by atoms with Crippen molar-refractivity contribution < 1.29 is 8.42 Å². The fourth-order valence-electron chi connectivity index (χ4n) is 3.65. The topological polar surface area (TPSA) is 68.8 Å². The van der Waals surface area contributed by atoms with Crippen LogP contribution < -0.4 is 0 Å². The average Bonchev–Trinajstić information content (AvgIpc) is 3.05. The second kappa shape index (κ2) is 7.40. The third-order valence-corrected chi connectivity index (χ3v) is 7.17. The Hall–Kier alpha value is -2.66. The van der Waals surface area contributed by atoms with Gasteiger partial charge in [-0.2, -0.15) is 9.57 Å². The summed E-state index contributed by atoms with van der Waals surface area (Å²) in [6, 6.07) is 15.1. The number of sulfonamides is 1. The van der Waals surface area contributed by atoms with Crippen molar-refractivity contribution in [3.8, 4) is 6.07 Å². The number of aromatic nitrogens is 1. The van der Waals surface area contributed by atoms with Crippen LogP contribution >= 0.6 is 0 Å². The first-order valence-corrected chi connectivity index (χ1v) is 10.7. The number of aryl methyl sites for hydroxylation is 1. The van der Waals surface area contributed by atoms with E-state index in [4.69, 9.17) is 0 Å². The molecule has 4 rings (SSSR count). The minimum atomic E-state index is -3.46. The van der Waals surface area contributed by atoms with E-state index in [1.54, 1.807) is 16.4 Å². The molecular formula is C21H22N4O2S. The van der Waals surface area contributed by atoms with E-state index in [0.717, 1.165) is 16.6 Å². The second-order valence-corrected chi connectivity index (χ2v) is 9.07. The molecule has 2 aromatic heterocycles. The molecule has 0 N–H and O–H groups in total. The van der Waals surface area contributed by atoms with E-state index in [-0.39, 0.29) is 0 Å². The number of benzene rings is 1. The predicted octanol–water partition coefficient (Wildman–Crippen LogP) is 2.63. The lowest BCUT2D eigenvalue weighted by atomic mass is 10.1. The van der Waals surface area contributed by atoms with Crippen LogP contribution in [-0.4, -0.2) is 48.2 Å². The number of nitrogens with zero attached hydrogens (tertiary/aromatic N) is 4. The molecule has 0 aliphatic carbocycles. The summed E-state index contributed by atoms with van der Waals surface area (Å²) in [6.45, 7) is 4.76. The number of pyridine rings is 1. The van der Waals surface area contributed by atoms with Gasteiger partial charge in [0.05, 0.1) is 16.0 Å². The lowest BCUT2D eigenvalue weighted by molar-refractivity contribution is 0.181. The number of rotatable bonds is 4. The molecule has 144 valence electrons. The zero-order chi connectivity index (χ0) is 19.7. The van der Waals surface area contributed by atoms with Gasteiger partial charge in [0.25, 0.3) is 0 Å². The average molecular weight is 395 g/mol. The molecule has 0 spiro atoms. The molecule has 1 fully saturated rings. The van der Waals surface area contributed by atoms with Crippen molar-refractivity contribution in [2.75, 3.05) is 26.2 Å². The summed E-state index contributed by atoms with van der Waals surface area (Å²) in [4.78, 5) is 2.55. The molecule has 3 aromatic rings. The van der Waals surface area contributed by atoms with Crippen molar-refractivity contribution >= 4 is 15.5 Å². The van der Waals surface area contributed by atoms with Crippen molar-refractivity contribution in [1.29, 1.82) is 5.26 Å². The summed E-state index contributed by atoms with van der Waals surface area (Å²) in [6.07, 6.45) is 3.93. The smallest absolute Gasteiger partial charge is 0.243 e. The number of hydrogen-bond acceptors (Lipinski definition) is 4. The van der Waals surface area contributed by atoms with Gasteiger partial charge in [-0.05, 0) is 31.2 Å². The molecule has 1 aliphatic rings. The highest BCUT2D eigenvalue weighted by molar-refractivity contribution is 7.89. The maximum absolute atomic E-state index is 12.8. The molecule has 28 heavy (non-hydrogen) atoms. The monoisotopic (exact) mass is 394 g/mol. The number of hydrogen-bond donors (Lipinski definition) is 0. The quantitative estimate of drug-likeness (QED) is 0.682. The van der Waals surface area contributed by atoms with Gasteiger partial charge in [0, 0.05) is 50.7 Å². The van der Waals surface area contributed by atoms with Gasteiger partial charge in [0.2, 0.25) is 10.0 Å². The highest BCUT2D eigenvalue weighted by atomic mass is 32.2. The summed E-state index contributed by atoms with van der Waals surface area (Å²) in [5.74, 6) is 0. The van der Waals surface area contributed by atoms with E-state index in [2.05, 4.69) is 11.0 Å². The zero-order valence-electron chi connectivity index (χ0n) is 15.7. The highest BCUT2D eigenvalue weighted by Gasteiger charge is 2.28. The predicted molar refractivity (Wildman–Crippen MR) is 107 cm³/mol. The Morgan fingerprint density at radius 2 is 1.75 bits per heavy atom. The van der Waals surface area contributed by atoms with E-state index in [9.17, 15) is 13.7 Å². The molecule has 6 nitrogen and oxygen atoms in total. The van der Waals surface area contributed by atoms with Crippen molar-refractivity contribution in [2.24, 2.45) is 0 Å². The van der Waals surface area contributed by atoms with E-state index in [1.165, 1.54) is 0 Å². The van der Waals surface area contributed by atoms with E-state index < -0.39 is 10.0 Å². The Balaban J connectivity index is 1.46. The van der Waals surface area contributed by atoms with Crippen LogP contribution in [0.3, 0.4) is 0 Å². The van der Waals surface area contributed by atoms with E-state index in [0.29, 0.717) is 43.2 Å². The third-order valence-electron chi connectivity index (χ3n) is 5.26. The van der Waals surface area contributed by atoms with Crippen molar-refractivity contribution in [1.82, 2.24) is 13.6 Å². The van der Waals surface area contributed by atoms with E-state index >= 15 is 0 Å². The SMILES string of the molecule is Cc1ccc(S(=O)(=O)N2CCN(Cc3cn4ccccc4c3C#N)CC2)cc1. The molecule has 7 heteroatoms. The molecule has 0 unspecified atom stereocenters. The molecule has 0 saturated carbocycles. The van der Waals surface area contributed by atoms with Gasteiger partial charge in [0.1, 0.15) is 6.07 Å². The normalized spacial score (nSPS) is 16.3. The lowest BCUT2D eigenvalue weighted by Gasteiger charge is -2.33. The summed E-state index contributed by atoms with van der Waals surface area (Å²) in [5, 5.41) is 9.56. The molecule has 1 aromatic carbocycles. The molecule has 0 bridgehead atoms. The molecule has 0 atom stereocenters. The maximum Gasteiger partial charge on any atom is 0.243 e. The minimum absolute atomic E-state index is 0.344. The molecule has 1 aliphatic heterocycles. The van der Waals surface area contributed by atoms with Crippen LogP contribution in [0.15, 0.2) is 59.8 Å². The van der Waals surface area contributed by atoms with Crippen LogP contribution in [-0.2, 0) is 16.6 Å². The summed E-state index contributed by atoms with van der Waals surface area (Å²) < 4.78 is 29.2. The minimum Gasteiger partial charge on any atom is -0.322 e. The van der Waals surface area contributed by atoms with Crippen LogP contribution in [0.5, 0.6) is 0 Å². The molecular weight excluding hydrogens is 372 g/mol. The third kappa shape index (κ3) is 3.42. The van der Waals surface area contributed by atoms with Gasteiger partial charge < -0.3 is 4.40 Å². The van der Waals surface area contributed by atoms with Crippen LogP contribution in [0.2, 0.25) is 0 Å².